The molecule has 0 saturated heterocycles. The summed E-state index contributed by atoms with van der Waals surface area (Å²) in [6.07, 6.45) is 0. The van der Waals surface area contributed by atoms with Crippen LogP contribution in [0.15, 0.2) is 34.8 Å². The molecular weight excluding hydrogens is 329 g/mol. The highest BCUT2D eigenvalue weighted by Crippen LogP contribution is 2.24. The highest BCUT2D eigenvalue weighted by molar-refractivity contribution is 9.10. The zero-order valence-corrected chi connectivity index (χ0v) is 12.9. The van der Waals surface area contributed by atoms with Gasteiger partial charge in [-0.2, -0.15) is 0 Å². The van der Waals surface area contributed by atoms with Crippen molar-refractivity contribution in [2.45, 2.75) is 19.9 Å². The van der Waals surface area contributed by atoms with Crippen LogP contribution in [0.4, 0.5) is 4.39 Å². The Kier molecular flexibility index (Phi) is 4.37. The lowest BCUT2D eigenvalue weighted by atomic mass is 10.2. The second-order valence-electron chi connectivity index (χ2n) is 4.27. The molecule has 0 bridgehead atoms. The topological polar surface area (TPSA) is 29.1 Å². The van der Waals surface area contributed by atoms with Gasteiger partial charge >= 0.3 is 0 Å². The van der Waals surface area contributed by atoms with Gasteiger partial charge in [0.05, 0.1) is 11.6 Å². The van der Waals surface area contributed by atoms with E-state index >= 15 is 0 Å². The lowest BCUT2D eigenvalue weighted by Gasteiger charge is -2.13. The van der Waals surface area contributed by atoms with Gasteiger partial charge < -0.3 is 5.32 Å². The van der Waals surface area contributed by atoms with E-state index in [0.29, 0.717) is 10.0 Å². The molecule has 0 aliphatic heterocycles. The number of thiophene rings is 1. The van der Waals surface area contributed by atoms with E-state index in [1.807, 2.05) is 26.0 Å². The number of nitrogens with one attached hydrogen (secondary N) is 1. The lowest BCUT2D eigenvalue weighted by molar-refractivity contribution is 0.0939. The van der Waals surface area contributed by atoms with Crippen LogP contribution in [-0.2, 0) is 0 Å². The molecule has 2 nitrogen and oxygen atoms in total. The van der Waals surface area contributed by atoms with Gasteiger partial charge in [-0.15, -0.1) is 11.3 Å². The zero-order chi connectivity index (χ0) is 14.0. The van der Waals surface area contributed by atoms with Gasteiger partial charge in [-0.05, 0) is 60.1 Å². The molecule has 1 unspecified atom stereocenters. The molecule has 0 saturated carbocycles. The second-order valence-corrected chi connectivity index (χ2v) is 6.44. The summed E-state index contributed by atoms with van der Waals surface area (Å²) in [6.45, 7) is 3.96. The van der Waals surface area contributed by atoms with E-state index in [2.05, 4.69) is 21.2 Å². The predicted octanol–water partition coefficient (Wildman–Crippen LogP) is 4.45. The van der Waals surface area contributed by atoms with Gasteiger partial charge in [0.2, 0.25) is 0 Å². The van der Waals surface area contributed by atoms with Crippen molar-refractivity contribution in [1.82, 2.24) is 5.32 Å². The number of amides is 1. The van der Waals surface area contributed by atoms with Gasteiger partial charge in [-0.3, -0.25) is 4.79 Å². The van der Waals surface area contributed by atoms with Crippen molar-refractivity contribution in [2.24, 2.45) is 0 Å². The predicted molar refractivity (Wildman–Crippen MR) is 79.0 cm³/mol. The molecule has 19 heavy (non-hydrogen) atoms. The summed E-state index contributed by atoms with van der Waals surface area (Å²) >= 11 is 4.85. The average Bonchev–Trinajstić information content (AvgIpc) is 2.75. The molecule has 0 aliphatic carbocycles. The summed E-state index contributed by atoms with van der Waals surface area (Å²) < 4.78 is 13.4. The minimum atomic E-state index is -0.370. The maximum Gasteiger partial charge on any atom is 0.252 e. The van der Waals surface area contributed by atoms with Crippen molar-refractivity contribution < 1.29 is 9.18 Å². The molecule has 1 aromatic carbocycles. The molecule has 5 heteroatoms. The van der Waals surface area contributed by atoms with Gasteiger partial charge in [-0.1, -0.05) is 0 Å². The fraction of sp³-hybridized carbons (Fsp3) is 0.214. The molecular formula is C14H13BrFNOS. The Bertz CT molecular complexity index is 611. The van der Waals surface area contributed by atoms with Crippen molar-refractivity contribution in [3.8, 4) is 0 Å². The maximum atomic E-state index is 13.0. The Morgan fingerprint density at radius 2 is 2.11 bits per heavy atom. The number of halogens is 2. The SMILES string of the molecule is Cc1ccc(C(C)NC(=O)c2ccc(F)cc2Br)s1. The monoisotopic (exact) mass is 341 g/mol. The smallest absolute Gasteiger partial charge is 0.252 e. The summed E-state index contributed by atoms with van der Waals surface area (Å²) in [5, 5.41) is 2.91. The standard InChI is InChI=1S/C14H13BrFNOS/c1-8-3-6-13(19-8)9(2)17-14(18)11-5-4-10(16)7-12(11)15/h3-7,9H,1-2H3,(H,17,18). The second kappa shape index (κ2) is 5.84. The fourth-order valence-corrected chi connectivity index (χ4v) is 3.12. The zero-order valence-electron chi connectivity index (χ0n) is 10.5. The molecule has 2 aromatic rings. The number of aryl methyl sites for hydroxylation is 1. The average molecular weight is 342 g/mol. The van der Waals surface area contributed by atoms with E-state index in [0.717, 1.165) is 4.88 Å². The molecule has 0 aliphatic rings. The number of carbonyl (C=O) groups excluding carboxylic acids is 1. The van der Waals surface area contributed by atoms with Crippen molar-refractivity contribution in [3.63, 3.8) is 0 Å². The number of carbonyl (C=O) groups is 1. The Morgan fingerprint density at radius 3 is 2.68 bits per heavy atom. The van der Waals surface area contributed by atoms with E-state index in [4.69, 9.17) is 0 Å². The molecule has 0 radical (unpaired) electrons. The third-order valence-corrected chi connectivity index (χ3v) is 4.55. The van der Waals surface area contributed by atoms with E-state index in [1.165, 1.54) is 23.1 Å². The summed E-state index contributed by atoms with van der Waals surface area (Å²) in [5.74, 6) is -0.587. The Balaban J connectivity index is 2.12. The molecule has 0 fully saturated rings. The first-order valence-corrected chi connectivity index (χ1v) is 7.40. The Hall–Kier alpha value is -1.20. The van der Waals surface area contributed by atoms with Gasteiger partial charge in [0.1, 0.15) is 5.82 Å². The van der Waals surface area contributed by atoms with Crippen LogP contribution in [0.2, 0.25) is 0 Å². The highest BCUT2D eigenvalue weighted by Gasteiger charge is 2.15. The minimum absolute atomic E-state index is 0.0665. The van der Waals surface area contributed by atoms with Gasteiger partial charge in [0.25, 0.3) is 5.91 Å². The molecule has 100 valence electrons. The summed E-state index contributed by atoms with van der Waals surface area (Å²) in [6, 6.07) is 8.00. The fourth-order valence-electron chi connectivity index (χ4n) is 1.71. The molecule has 1 N–H and O–H groups in total. The van der Waals surface area contributed by atoms with Crippen LogP contribution < -0.4 is 5.32 Å². The van der Waals surface area contributed by atoms with Crippen LogP contribution in [0.1, 0.15) is 33.1 Å². The number of rotatable bonds is 3. The third-order valence-electron chi connectivity index (χ3n) is 2.71. The van der Waals surface area contributed by atoms with E-state index in [9.17, 15) is 9.18 Å². The molecule has 1 atom stereocenters. The van der Waals surface area contributed by atoms with Crippen molar-refractivity contribution in [1.29, 1.82) is 0 Å². The third kappa shape index (κ3) is 3.42. The largest absolute Gasteiger partial charge is 0.345 e. The number of hydrogen-bond acceptors (Lipinski definition) is 2. The van der Waals surface area contributed by atoms with E-state index in [-0.39, 0.29) is 17.8 Å². The van der Waals surface area contributed by atoms with Gasteiger partial charge in [-0.25, -0.2) is 4.39 Å². The van der Waals surface area contributed by atoms with Gasteiger partial charge in [0, 0.05) is 14.2 Å². The normalized spacial score (nSPS) is 12.2. The summed E-state index contributed by atoms with van der Waals surface area (Å²) in [4.78, 5) is 14.4. The minimum Gasteiger partial charge on any atom is -0.345 e. The first-order chi connectivity index (χ1) is 8.97. The van der Waals surface area contributed by atoms with Crippen LogP contribution in [-0.4, -0.2) is 5.91 Å². The summed E-state index contributed by atoms with van der Waals surface area (Å²) in [5.41, 5.74) is 0.432. The highest BCUT2D eigenvalue weighted by atomic mass is 79.9. The molecule has 1 heterocycles. The Labute approximate surface area is 123 Å². The maximum absolute atomic E-state index is 13.0. The lowest BCUT2D eigenvalue weighted by Crippen LogP contribution is -2.26. The quantitative estimate of drug-likeness (QED) is 0.877. The molecule has 2 rings (SSSR count). The van der Waals surface area contributed by atoms with Crippen LogP contribution in [0.5, 0.6) is 0 Å². The molecule has 0 spiro atoms. The van der Waals surface area contributed by atoms with Crippen LogP contribution >= 0.6 is 27.3 Å². The van der Waals surface area contributed by atoms with E-state index in [1.54, 1.807) is 11.3 Å². The van der Waals surface area contributed by atoms with Crippen LogP contribution in [0.25, 0.3) is 0 Å². The Morgan fingerprint density at radius 1 is 1.37 bits per heavy atom. The van der Waals surface area contributed by atoms with Gasteiger partial charge in [0.15, 0.2) is 0 Å². The van der Waals surface area contributed by atoms with Crippen molar-refractivity contribution in [3.05, 3.63) is 55.9 Å². The van der Waals surface area contributed by atoms with E-state index < -0.39 is 0 Å². The first kappa shape index (κ1) is 14.2. The molecule has 1 amide bonds. The van der Waals surface area contributed by atoms with Crippen LogP contribution in [0, 0.1) is 12.7 Å². The molecule has 1 aromatic heterocycles. The number of benzene rings is 1. The number of hydrogen-bond donors (Lipinski definition) is 1. The van der Waals surface area contributed by atoms with Crippen molar-refractivity contribution in [2.75, 3.05) is 0 Å². The first-order valence-electron chi connectivity index (χ1n) is 5.79. The van der Waals surface area contributed by atoms with Crippen LogP contribution in [0.3, 0.4) is 0 Å². The van der Waals surface area contributed by atoms with Crippen molar-refractivity contribution >= 4 is 33.2 Å². The summed E-state index contributed by atoms with van der Waals surface area (Å²) in [7, 11) is 0.